The maximum absolute atomic E-state index is 9.23. The van der Waals surface area contributed by atoms with Crippen molar-refractivity contribution in [3.8, 4) is 17.2 Å². The van der Waals surface area contributed by atoms with Crippen molar-refractivity contribution in [2.45, 2.75) is 6.54 Å². The lowest BCUT2D eigenvalue weighted by Gasteiger charge is -2.12. The molecular weight excluding hydrogens is 242 g/mol. The predicted octanol–water partition coefficient (Wildman–Crippen LogP) is 3.02. The average Bonchev–Trinajstić information content (AvgIpc) is 2.46. The van der Waals surface area contributed by atoms with Gasteiger partial charge in [-0.1, -0.05) is 0 Å². The number of aromatic hydroxyl groups is 1. The Balaban J connectivity index is 2.11. The largest absolute Gasteiger partial charge is 0.508 e. The number of anilines is 1. The molecule has 0 saturated heterocycles. The van der Waals surface area contributed by atoms with Crippen LogP contribution in [-0.4, -0.2) is 19.3 Å². The molecular formula is C15H17NO3. The molecule has 0 aliphatic heterocycles. The highest BCUT2D eigenvalue weighted by Crippen LogP contribution is 2.25. The fraction of sp³-hybridized carbons (Fsp3) is 0.200. The van der Waals surface area contributed by atoms with Gasteiger partial charge in [0.1, 0.15) is 17.2 Å². The van der Waals surface area contributed by atoms with Gasteiger partial charge in [0.2, 0.25) is 0 Å². The third-order valence-corrected chi connectivity index (χ3v) is 2.84. The van der Waals surface area contributed by atoms with Gasteiger partial charge >= 0.3 is 0 Å². The minimum absolute atomic E-state index is 0.254. The molecule has 0 spiro atoms. The first-order valence-corrected chi connectivity index (χ1v) is 5.96. The highest BCUT2D eigenvalue weighted by molar-refractivity contribution is 5.48. The van der Waals surface area contributed by atoms with Crippen molar-refractivity contribution in [1.82, 2.24) is 0 Å². The van der Waals surface area contributed by atoms with Gasteiger partial charge in [0.15, 0.2) is 0 Å². The zero-order valence-electron chi connectivity index (χ0n) is 11.0. The van der Waals surface area contributed by atoms with Gasteiger partial charge in [0, 0.05) is 17.8 Å². The molecule has 0 radical (unpaired) electrons. The van der Waals surface area contributed by atoms with Crippen molar-refractivity contribution < 1.29 is 14.6 Å². The summed E-state index contributed by atoms with van der Waals surface area (Å²) in [5.74, 6) is 1.86. The second kappa shape index (κ2) is 6.00. The van der Waals surface area contributed by atoms with Crippen LogP contribution in [0.3, 0.4) is 0 Å². The van der Waals surface area contributed by atoms with E-state index in [0.29, 0.717) is 6.54 Å². The molecule has 4 nitrogen and oxygen atoms in total. The van der Waals surface area contributed by atoms with Crippen LogP contribution in [0.2, 0.25) is 0 Å². The molecule has 2 aromatic rings. The molecule has 0 aliphatic carbocycles. The maximum Gasteiger partial charge on any atom is 0.124 e. The number of ether oxygens (including phenoxy) is 2. The summed E-state index contributed by atoms with van der Waals surface area (Å²) in [7, 11) is 3.28. The third-order valence-electron chi connectivity index (χ3n) is 2.84. The summed E-state index contributed by atoms with van der Waals surface area (Å²) in [6.07, 6.45) is 0. The number of rotatable bonds is 5. The van der Waals surface area contributed by atoms with Gasteiger partial charge in [-0.3, -0.25) is 0 Å². The lowest BCUT2D eigenvalue weighted by molar-refractivity contribution is 0.399. The van der Waals surface area contributed by atoms with Gasteiger partial charge < -0.3 is 19.9 Å². The fourth-order valence-corrected chi connectivity index (χ4v) is 1.80. The second-order valence-corrected chi connectivity index (χ2v) is 4.08. The van der Waals surface area contributed by atoms with Gasteiger partial charge in [-0.2, -0.15) is 0 Å². The highest BCUT2D eigenvalue weighted by atomic mass is 16.5. The van der Waals surface area contributed by atoms with Crippen LogP contribution >= 0.6 is 0 Å². The maximum atomic E-state index is 9.23. The van der Waals surface area contributed by atoms with Crippen LogP contribution in [0.1, 0.15) is 5.56 Å². The molecule has 4 heteroatoms. The van der Waals surface area contributed by atoms with Crippen LogP contribution in [0.25, 0.3) is 0 Å². The Bertz CT molecular complexity index is 538. The first kappa shape index (κ1) is 13.1. The van der Waals surface area contributed by atoms with Gasteiger partial charge in [0.05, 0.1) is 14.2 Å². The van der Waals surface area contributed by atoms with E-state index in [1.165, 1.54) is 0 Å². The van der Waals surface area contributed by atoms with Crippen LogP contribution in [0.15, 0.2) is 42.5 Å². The Kier molecular flexibility index (Phi) is 4.13. The molecule has 0 amide bonds. The third kappa shape index (κ3) is 3.31. The minimum Gasteiger partial charge on any atom is -0.508 e. The van der Waals surface area contributed by atoms with E-state index in [1.54, 1.807) is 26.4 Å². The number of hydrogen-bond donors (Lipinski definition) is 2. The quantitative estimate of drug-likeness (QED) is 0.810. The van der Waals surface area contributed by atoms with Gasteiger partial charge in [-0.15, -0.1) is 0 Å². The summed E-state index contributed by atoms with van der Waals surface area (Å²) in [5.41, 5.74) is 1.94. The molecule has 0 heterocycles. The first-order chi connectivity index (χ1) is 9.22. The van der Waals surface area contributed by atoms with Gasteiger partial charge in [0.25, 0.3) is 0 Å². The molecule has 0 aliphatic rings. The Morgan fingerprint density at radius 2 is 1.74 bits per heavy atom. The summed E-state index contributed by atoms with van der Waals surface area (Å²) in [6.45, 7) is 0.616. The molecule has 0 atom stereocenters. The minimum atomic E-state index is 0.254. The number of hydrogen-bond acceptors (Lipinski definition) is 4. The van der Waals surface area contributed by atoms with Crippen molar-refractivity contribution >= 4 is 5.69 Å². The van der Waals surface area contributed by atoms with E-state index < -0.39 is 0 Å². The van der Waals surface area contributed by atoms with E-state index >= 15 is 0 Å². The second-order valence-electron chi connectivity index (χ2n) is 4.08. The van der Waals surface area contributed by atoms with Crippen LogP contribution in [0, 0.1) is 0 Å². The molecule has 0 fully saturated rings. The van der Waals surface area contributed by atoms with E-state index in [1.807, 2.05) is 30.3 Å². The smallest absolute Gasteiger partial charge is 0.124 e. The summed E-state index contributed by atoms with van der Waals surface area (Å²) < 4.78 is 10.5. The van der Waals surface area contributed by atoms with Gasteiger partial charge in [-0.25, -0.2) is 0 Å². The monoisotopic (exact) mass is 259 g/mol. The zero-order chi connectivity index (χ0) is 13.7. The van der Waals surface area contributed by atoms with Crippen molar-refractivity contribution in [3.05, 3.63) is 48.0 Å². The molecule has 19 heavy (non-hydrogen) atoms. The van der Waals surface area contributed by atoms with Crippen LogP contribution in [0.5, 0.6) is 17.2 Å². The highest BCUT2D eigenvalue weighted by Gasteiger charge is 2.05. The van der Waals surface area contributed by atoms with Crippen LogP contribution < -0.4 is 14.8 Å². The molecule has 0 unspecified atom stereocenters. The van der Waals surface area contributed by atoms with Crippen molar-refractivity contribution in [1.29, 1.82) is 0 Å². The van der Waals surface area contributed by atoms with Gasteiger partial charge in [-0.05, 0) is 42.5 Å². The predicted molar refractivity (Wildman–Crippen MR) is 75.0 cm³/mol. The molecule has 0 saturated carbocycles. The summed E-state index contributed by atoms with van der Waals surface area (Å²) in [6, 6.07) is 12.6. The number of phenolic OH excluding ortho intramolecular Hbond substituents is 1. The average molecular weight is 259 g/mol. The van der Waals surface area contributed by atoms with E-state index in [-0.39, 0.29) is 5.75 Å². The lowest BCUT2D eigenvalue weighted by Crippen LogP contribution is -2.02. The SMILES string of the molecule is COc1ccc(OC)c(CNc2ccc(O)cc2)c1. The number of nitrogens with one attached hydrogen (secondary N) is 1. The normalized spacial score (nSPS) is 10.0. The zero-order valence-corrected chi connectivity index (χ0v) is 11.0. The molecule has 0 bridgehead atoms. The molecule has 2 rings (SSSR count). The molecule has 2 N–H and O–H groups in total. The standard InChI is InChI=1S/C15H17NO3/c1-18-14-7-8-15(19-2)11(9-14)10-16-12-3-5-13(17)6-4-12/h3-9,16-17H,10H2,1-2H3. The summed E-state index contributed by atoms with van der Waals surface area (Å²) >= 11 is 0. The molecule has 2 aromatic carbocycles. The van der Waals surface area contributed by atoms with E-state index in [2.05, 4.69) is 5.32 Å². The van der Waals surface area contributed by atoms with E-state index in [0.717, 1.165) is 22.7 Å². The number of benzene rings is 2. The lowest BCUT2D eigenvalue weighted by atomic mass is 10.2. The van der Waals surface area contributed by atoms with E-state index in [9.17, 15) is 5.11 Å². The Labute approximate surface area is 112 Å². The van der Waals surface area contributed by atoms with Crippen LogP contribution in [0.4, 0.5) is 5.69 Å². The molecule has 0 aromatic heterocycles. The Morgan fingerprint density at radius 1 is 1.00 bits per heavy atom. The molecule has 100 valence electrons. The van der Waals surface area contributed by atoms with E-state index in [4.69, 9.17) is 9.47 Å². The fourth-order valence-electron chi connectivity index (χ4n) is 1.80. The van der Waals surface area contributed by atoms with Crippen molar-refractivity contribution in [2.75, 3.05) is 19.5 Å². The first-order valence-electron chi connectivity index (χ1n) is 5.96. The van der Waals surface area contributed by atoms with Crippen molar-refractivity contribution in [2.24, 2.45) is 0 Å². The van der Waals surface area contributed by atoms with Crippen LogP contribution in [-0.2, 0) is 6.54 Å². The Morgan fingerprint density at radius 3 is 2.37 bits per heavy atom. The topological polar surface area (TPSA) is 50.7 Å². The number of methoxy groups -OCH3 is 2. The Hall–Kier alpha value is -2.36. The number of phenols is 1. The summed E-state index contributed by atoms with van der Waals surface area (Å²) in [5, 5.41) is 12.5. The van der Waals surface area contributed by atoms with Crippen molar-refractivity contribution in [3.63, 3.8) is 0 Å². The summed E-state index contributed by atoms with van der Waals surface area (Å²) in [4.78, 5) is 0.